The fourth-order valence-electron chi connectivity index (χ4n) is 1.30. The summed E-state index contributed by atoms with van der Waals surface area (Å²) in [7, 11) is -0.0430. The Balaban J connectivity index is 2.60. The van der Waals surface area contributed by atoms with Crippen molar-refractivity contribution in [3.8, 4) is 0 Å². The van der Waals surface area contributed by atoms with Crippen molar-refractivity contribution in [2.24, 2.45) is 0 Å². The second-order valence-electron chi connectivity index (χ2n) is 3.13. The second-order valence-corrected chi connectivity index (χ2v) is 5.41. The number of sulfonamides is 1. The van der Waals surface area contributed by atoms with Gasteiger partial charge in [-0.3, -0.25) is 0 Å². The van der Waals surface area contributed by atoms with E-state index in [0.717, 1.165) is 12.8 Å². The average Bonchev–Trinajstić information content (AvgIpc) is 2.82. The first-order chi connectivity index (χ1) is 5.58. The number of hydrogen-bond donors (Lipinski definition) is 1. The molecule has 1 fully saturated rings. The van der Waals surface area contributed by atoms with Gasteiger partial charge in [-0.2, -0.15) is 0 Å². The molecule has 0 aromatic heterocycles. The standard InChI is InChI=1S/C7H15NO3S/c1-8-12(9,10)7(3-4-7)5-6-11-2/h8H,3-6H2,1-2H3. The number of ether oxygens (including phenoxy) is 1. The van der Waals surface area contributed by atoms with E-state index in [-0.39, 0.29) is 0 Å². The Hall–Kier alpha value is -0.130. The fraction of sp³-hybridized carbons (Fsp3) is 1.00. The van der Waals surface area contributed by atoms with E-state index in [4.69, 9.17) is 4.74 Å². The maximum atomic E-state index is 11.4. The summed E-state index contributed by atoms with van der Waals surface area (Å²) in [6, 6.07) is 0. The van der Waals surface area contributed by atoms with Gasteiger partial charge in [0.05, 0.1) is 4.75 Å². The summed E-state index contributed by atoms with van der Waals surface area (Å²) in [6.45, 7) is 0.515. The van der Waals surface area contributed by atoms with Crippen molar-refractivity contribution in [3.63, 3.8) is 0 Å². The zero-order valence-electron chi connectivity index (χ0n) is 7.46. The van der Waals surface area contributed by atoms with Crippen LogP contribution in [0, 0.1) is 0 Å². The molecule has 1 aliphatic carbocycles. The SMILES string of the molecule is CNS(=O)(=O)C1(CCOC)CC1. The summed E-state index contributed by atoms with van der Waals surface area (Å²) < 4.78 is 29.6. The van der Waals surface area contributed by atoms with Gasteiger partial charge in [-0.05, 0) is 26.3 Å². The van der Waals surface area contributed by atoms with Crippen LogP contribution >= 0.6 is 0 Å². The third-order valence-corrected chi connectivity index (χ3v) is 4.70. The monoisotopic (exact) mass is 193 g/mol. The minimum atomic E-state index is -3.09. The van der Waals surface area contributed by atoms with Crippen LogP contribution in [0.2, 0.25) is 0 Å². The molecule has 72 valence electrons. The summed E-state index contributed by atoms with van der Waals surface area (Å²) in [5.41, 5.74) is 0. The van der Waals surface area contributed by atoms with Gasteiger partial charge in [0, 0.05) is 13.7 Å². The maximum absolute atomic E-state index is 11.4. The molecule has 0 amide bonds. The smallest absolute Gasteiger partial charge is 0.217 e. The molecule has 0 bridgehead atoms. The van der Waals surface area contributed by atoms with Gasteiger partial charge in [0.15, 0.2) is 0 Å². The Morgan fingerprint density at radius 1 is 1.50 bits per heavy atom. The molecule has 1 saturated carbocycles. The first kappa shape index (κ1) is 9.95. The summed E-state index contributed by atoms with van der Waals surface area (Å²) in [6.07, 6.45) is 2.13. The summed E-state index contributed by atoms with van der Waals surface area (Å²) in [5, 5.41) is 0. The Morgan fingerprint density at radius 3 is 2.42 bits per heavy atom. The van der Waals surface area contributed by atoms with E-state index in [1.807, 2.05) is 0 Å². The van der Waals surface area contributed by atoms with Gasteiger partial charge in [0.1, 0.15) is 0 Å². The molecule has 1 rings (SSSR count). The summed E-state index contributed by atoms with van der Waals surface area (Å²) in [4.78, 5) is 0. The lowest BCUT2D eigenvalue weighted by Gasteiger charge is -2.13. The van der Waals surface area contributed by atoms with Gasteiger partial charge in [-0.1, -0.05) is 0 Å². The molecule has 4 nitrogen and oxygen atoms in total. The van der Waals surface area contributed by atoms with Gasteiger partial charge < -0.3 is 4.74 Å². The van der Waals surface area contributed by atoms with Gasteiger partial charge in [0.25, 0.3) is 0 Å². The van der Waals surface area contributed by atoms with E-state index in [0.29, 0.717) is 13.0 Å². The summed E-state index contributed by atoms with van der Waals surface area (Å²) >= 11 is 0. The molecular formula is C7H15NO3S. The molecule has 0 radical (unpaired) electrons. The predicted molar refractivity (Wildman–Crippen MR) is 46.4 cm³/mol. The van der Waals surface area contributed by atoms with Crippen LogP contribution < -0.4 is 4.72 Å². The molecule has 5 heteroatoms. The van der Waals surface area contributed by atoms with Crippen molar-refractivity contribution in [1.82, 2.24) is 4.72 Å². The first-order valence-electron chi connectivity index (χ1n) is 4.00. The topological polar surface area (TPSA) is 55.4 Å². The third kappa shape index (κ3) is 1.62. The molecule has 12 heavy (non-hydrogen) atoms. The lowest BCUT2D eigenvalue weighted by Crippen LogP contribution is -2.34. The molecule has 0 atom stereocenters. The fourth-order valence-corrected chi connectivity index (χ4v) is 2.72. The minimum Gasteiger partial charge on any atom is -0.385 e. The maximum Gasteiger partial charge on any atom is 0.217 e. The largest absolute Gasteiger partial charge is 0.385 e. The van der Waals surface area contributed by atoms with Gasteiger partial charge >= 0.3 is 0 Å². The van der Waals surface area contributed by atoms with E-state index in [1.54, 1.807) is 7.11 Å². The van der Waals surface area contributed by atoms with E-state index in [2.05, 4.69) is 4.72 Å². The third-order valence-electron chi connectivity index (χ3n) is 2.41. The molecule has 0 spiro atoms. The number of methoxy groups -OCH3 is 1. The van der Waals surface area contributed by atoms with Gasteiger partial charge in [-0.15, -0.1) is 0 Å². The summed E-state index contributed by atoms with van der Waals surface area (Å²) in [5.74, 6) is 0. The average molecular weight is 193 g/mol. The van der Waals surface area contributed by atoms with E-state index < -0.39 is 14.8 Å². The predicted octanol–water partition coefficient (Wildman–Crippen LogP) is 0.105. The van der Waals surface area contributed by atoms with Crippen LogP contribution in [0.1, 0.15) is 19.3 Å². The molecule has 1 aliphatic rings. The zero-order valence-corrected chi connectivity index (χ0v) is 8.28. The Morgan fingerprint density at radius 2 is 2.08 bits per heavy atom. The van der Waals surface area contributed by atoms with E-state index >= 15 is 0 Å². The van der Waals surface area contributed by atoms with Crippen molar-refractivity contribution in [2.75, 3.05) is 20.8 Å². The molecule has 0 heterocycles. The molecule has 0 saturated heterocycles. The highest BCUT2D eigenvalue weighted by Gasteiger charge is 2.53. The van der Waals surface area contributed by atoms with Crippen molar-refractivity contribution >= 4 is 10.0 Å². The van der Waals surface area contributed by atoms with Crippen molar-refractivity contribution in [1.29, 1.82) is 0 Å². The minimum absolute atomic E-state index is 0.515. The van der Waals surface area contributed by atoms with E-state index in [1.165, 1.54) is 7.05 Å². The second kappa shape index (κ2) is 3.32. The van der Waals surface area contributed by atoms with Crippen LogP contribution in [0.3, 0.4) is 0 Å². The number of nitrogens with one attached hydrogen (secondary N) is 1. The molecule has 0 aromatic rings. The van der Waals surface area contributed by atoms with Crippen LogP contribution in [0.25, 0.3) is 0 Å². The van der Waals surface area contributed by atoms with Crippen molar-refractivity contribution in [3.05, 3.63) is 0 Å². The molecular weight excluding hydrogens is 178 g/mol. The lowest BCUT2D eigenvalue weighted by molar-refractivity contribution is 0.191. The van der Waals surface area contributed by atoms with E-state index in [9.17, 15) is 8.42 Å². The quantitative estimate of drug-likeness (QED) is 0.674. The van der Waals surface area contributed by atoms with Crippen LogP contribution in [-0.2, 0) is 14.8 Å². The normalized spacial score (nSPS) is 20.8. The Bertz CT molecular complexity index is 243. The Labute approximate surface area is 73.3 Å². The highest BCUT2D eigenvalue weighted by molar-refractivity contribution is 7.91. The molecule has 0 unspecified atom stereocenters. The van der Waals surface area contributed by atoms with Crippen LogP contribution in [0.15, 0.2) is 0 Å². The lowest BCUT2D eigenvalue weighted by atomic mass is 10.3. The molecule has 1 N–H and O–H groups in total. The number of rotatable bonds is 5. The first-order valence-corrected chi connectivity index (χ1v) is 5.48. The van der Waals surface area contributed by atoms with Gasteiger partial charge in [-0.25, -0.2) is 13.1 Å². The zero-order chi connectivity index (χ0) is 9.24. The van der Waals surface area contributed by atoms with Crippen molar-refractivity contribution in [2.45, 2.75) is 24.0 Å². The molecule has 0 aliphatic heterocycles. The van der Waals surface area contributed by atoms with Crippen LogP contribution in [-0.4, -0.2) is 33.9 Å². The Kier molecular flexibility index (Phi) is 2.75. The van der Waals surface area contributed by atoms with Crippen LogP contribution in [0.5, 0.6) is 0 Å². The van der Waals surface area contributed by atoms with Gasteiger partial charge in [0.2, 0.25) is 10.0 Å². The number of hydrogen-bond acceptors (Lipinski definition) is 3. The molecule has 0 aromatic carbocycles. The highest BCUT2D eigenvalue weighted by Crippen LogP contribution is 2.45. The van der Waals surface area contributed by atoms with Crippen LogP contribution in [0.4, 0.5) is 0 Å². The van der Waals surface area contributed by atoms with Crippen molar-refractivity contribution < 1.29 is 13.2 Å². The highest BCUT2D eigenvalue weighted by atomic mass is 32.2.